The van der Waals surface area contributed by atoms with Gasteiger partial charge in [-0.15, -0.1) is 0 Å². The Morgan fingerprint density at radius 2 is 2.43 bits per heavy atom. The zero-order chi connectivity index (χ0) is 9.97. The first-order valence-electron chi connectivity index (χ1n) is 4.87. The molecule has 1 aromatic rings. The summed E-state index contributed by atoms with van der Waals surface area (Å²) >= 11 is 0. The number of ether oxygens (including phenoxy) is 1. The van der Waals surface area contributed by atoms with E-state index in [2.05, 4.69) is 5.32 Å². The van der Waals surface area contributed by atoms with Gasteiger partial charge in [0, 0.05) is 19.6 Å². The molecule has 76 valence electrons. The van der Waals surface area contributed by atoms with Gasteiger partial charge in [0.1, 0.15) is 5.75 Å². The van der Waals surface area contributed by atoms with E-state index >= 15 is 0 Å². The summed E-state index contributed by atoms with van der Waals surface area (Å²) in [6.45, 7) is 1.62. The van der Waals surface area contributed by atoms with Gasteiger partial charge in [-0.05, 0) is 18.1 Å². The molecule has 1 atom stereocenters. The molecule has 2 N–H and O–H groups in total. The van der Waals surface area contributed by atoms with Crippen molar-refractivity contribution in [1.82, 2.24) is 0 Å². The van der Waals surface area contributed by atoms with E-state index in [1.165, 1.54) is 0 Å². The third-order valence-electron chi connectivity index (χ3n) is 2.68. The number of rotatable bonds is 2. The fraction of sp³-hybridized carbons (Fsp3) is 0.455. The first-order chi connectivity index (χ1) is 6.83. The number of benzene rings is 1. The molecule has 1 aliphatic rings. The first-order valence-corrected chi connectivity index (χ1v) is 4.87. The van der Waals surface area contributed by atoms with E-state index in [0.29, 0.717) is 11.7 Å². The highest BCUT2D eigenvalue weighted by Crippen LogP contribution is 2.37. The molecule has 2 rings (SSSR count). The van der Waals surface area contributed by atoms with E-state index in [0.717, 1.165) is 30.8 Å². The van der Waals surface area contributed by atoms with Crippen LogP contribution in [0.15, 0.2) is 18.2 Å². The van der Waals surface area contributed by atoms with Crippen molar-refractivity contribution < 1.29 is 9.84 Å². The lowest BCUT2D eigenvalue weighted by atomic mass is 9.91. The monoisotopic (exact) mass is 193 g/mol. The fourth-order valence-electron chi connectivity index (χ4n) is 1.99. The third kappa shape index (κ3) is 1.55. The second-order valence-corrected chi connectivity index (χ2v) is 3.61. The number of phenolic OH excluding ortho intramolecular Hbond substituents is 1. The van der Waals surface area contributed by atoms with Gasteiger partial charge >= 0.3 is 0 Å². The lowest BCUT2D eigenvalue weighted by molar-refractivity contribution is 0.176. The summed E-state index contributed by atoms with van der Waals surface area (Å²) < 4.78 is 5.17. The molecule has 0 aliphatic carbocycles. The van der Waals surface area contributed by atoms with Crippen LogP contribution in [0.5, 0.6) is 5.75 Å². The largest absolute Gasteiger partial charge is 0.506 e. The number of hydrogen-bond donors (Lipinski definition) is 2. The SMILES string of the molecule is COCC1CCNc2c(O)cccc21. The second kappa shape index (κ2) is 3.88. The molecule has 0 spiro atoms. The summed E-state index contributed by atoms with van der Waals surface area (Å²) in [5, 5.41) is 12.9. The maximum atomic E-state index is 9.64. The summed E-state index contributed by atoms with van der Waals surface area (Å²) in [5.41, 5.74) is 2.04. The predicted octanol–water partition coefficient (Wildman–Crippen LogP) is 1.94. The number of aromatic hydroxyl groups is 1. The van der Waals surface area contributed by atoms with Crippen LogP contribution in [-0.2, 0) is 4.74 Å². The van der Waals surface area contributed by atoms with Crippen molar-refractivity contribution in [3.8, 4) is 5.75 Å². The minimum atomic E-state index is 0.336. The molecule has 1 heterocycles. The molecule has 0 fully saturated rings. The van der Waals surface area contributed by atoms with Crippen molar-refractivity contribution in [2.24, 2.45) is 0 Å². The van der Waals surface area contributed by atoms with Crippen molar-refractivity contribution in [2.45, 2.75) is 12.3 Å². The van der Waals surface area contributed by atoms with Gasteiger partial charge in [-0.3, -0.25) is 0 Å². The highest BCUT2D eigenvalue weighted by molar-refractivity contribution is 5.63. The minimum Gasteiger partial charge on any atom is -0.506 e. The lowest BCUT2D eigenvalue weighted by Crippen LogP contribution is -2.19. The number of methoxy groups -OCH3 is 1. The van der Waals surface area contributed by atoms with E-state index < -0.39 is 0 Å². The Bertz CT molecular complexity index is 325. The number of para-hydroxylation sites is 1. The van der Waals surface area contributed by atoms with Crippen LogP contribution in [0.4, 0.5) is 5.69 Å². The Morgan fingerprint density at radius 1 is 1.57 bits per heavy atom. The molecule has 1 unspecified atom stereocenters. The highest BCUT2D eigenvalue weighted by atomic mass is 16.5. The van der Waals surface area contributed by atoms with E-state index in [-0.39, 0.29) is 0 Å². The molecule has 14 heavy (non-hydrogen) atoms. The van der Waals surface area contributed by atoms with Gasteiger partial charge < -0.3 is 15.2 Å². The molecule has 0 amide bonds. The van der Waals surface area contributed by atoms with Gasteiger partial charge in [0.05, 0.1) is 12.3 Å². The van der Waals surface area contributed by atoms with E-state index in [9.17, 15) is 5.11 Å². The smallest absolute Gasteiger partial charge is 0.138 e. The normalized spacial score (nSPS) is 19.9. The van der Waals surface area contributed by atoms with Crippen LogP contribution in [0.3, 0.4) is 0 Å². The average Bonchev–Trinajstić information content (AvgIpc) is 2.20. The van der Waals surface area contributed by atoms with Gasteiger partial charge in [-0.1, -0.05) is 12.1 Å². The molecule has 0 saturated carbocycles. The van der Waals surface area contributed by atoms with Crippen LogP contribution in [0.2, 0.25) is 0 Å². The summed E-state index contributed by atoms with van der Waals surface area (Å²) in [4.78, 5) is 0. The number of fused-ring (bicyclic) bond motifs is 1. The molecule has 0 bridgehead atoms. The zero-order valence-corrected chi connectivity index (χ0v) is 8.29. The highest BCUT2D eigenvalue weighted by Gasteiger charge is 2.21. The van der Waals surface area contributed by atoms with Crippen molar-refractivity contribution >= 4 is 5.69 Å². The number of nitrogens with one attached hydrogen (secondary N) is 1. The van der Waals surface area contributed by atoms with Crippen molar-refractivity contribution in [3.63, 3.8) is 0 Å². The van der Waals surface area contributed by atoms with Crippen LogP contribution in [0, 0.1) is 0 Å². The van der Waals surface area contributed by atoms with Gasteiger partial charge in [0.25, 0.3) is 0 Å². The molecule has 1 aliphatic heterocycles. The Labute approximate surface area is 83.7 Å². The van der Waals surface area contributed by atoms with Gasteiger partial charge in [-0.25, -0.2) is 0 Å². The summed E-state index contributed by atoms with van der Waals surface area (Å²) in [5.74, 6) is 0.742. The number of anilines is 1. The van der Waals surface area contributed by atoms with Gasteiger partial charge in [0.2, 0.25) is 0 Å². The maximum absolute atomic E-state index is 9.64. The maximum Gasteiger partial charge on any atom is 0.138 e. The lowest BCUT2D eigenvalue weighted by Gasteiger charge is -2.26. The molecule has 0 saturated heterocycles. The van der Waals surface area contributed by atoms with Gasteiger partial charge in [0.15, 0.2) is 0 Å². The topological polar surface area (TPSA) is 41.5 Å². The number of phenols is 1. The van der Waals surface area contributed by atoms with Crippen LogP contribution in [0.25, 0.3) is 0 Å². The van der Waals surface area contributed by atoms with Crippen LogP contribution < -0.4 is 5.32 Å². The standard InChI is InChI=1S/C11H15NO2/c1-14-7-8-5-6-12-11-9(8)3-2-4-10(11)13/h2-4,8,12-13H,5-7H2,1H3. The number of hydrogen-bond acceptors (Lipinski definition) is 3. The Balaban J connectivity index is 2.34. The molecule has 0 radical (unpaired) electrons. The first kappa shape index (κ1) is 9.34. The third-order valence-corrected chi connectivity index (χ3v) is 2.68. The molecule has 3 heteroatoms. The van der Waals surface area contributed by atoms with Crippen LogP contribution in [0.1, 0.15) is 17.9 Å². The minimum absolute atomic E-state index is 0.336. The molecule has 3 nitrogen and oxygen atoms in total. The molecule has 1 aromatic carbocycles. The fourth-order valence-corrected chi connectivity index (χ4v) is 1.99. The Hall–Kier alpha value is -1.22. The van der Waals surface area contributed by atoms with Crippen LogP contribution >= 0.6 is 0 Å². The van der Waals surface area contributed by atoms with E-state index in [1.807, 2.05) is 12.1 Å². The van der Waals surface area contributed by atoms with Crippen molar-refractivity contribution in [3.05, 3.63) is 23.8 Å². The Kier molecular flexibility index (Phi) is 2.59. The quantitative estimate of drug-likeness (QED) is 0.705. The van der Waals surface area contributed by atoms with Gasteiger partial charge in [-0.2, -0.15) is 0 Å². The molecular weight excluding hydrogens is 178 g/mol. The van der Waals surface area contributed by atoms with Crippen molar-refractivity contribution in [2.75, 3.05) is 25.6 Å². The predicted molar refractivity (Wildman–Crippen MR) is 55.8 cm³/mol. The van der Waals surface area contributed by atoms with E-state index in [4.69, 9.17) is 4.74 Å². The average molecular weight is 193 g/mol. The summed E-state index contributed by atoms with van der Waals surface area (Å²) in [6.07, 6.45) is 1.06. The van der Waals surface area contributed by atoms with Crippen molar-refractivity contribution in [1.29, 1.82) is 0 Å². The Morgan fingerprint density at radius 3 is 3.21 bits per heavy atom. The summed E-state index contributed by atoms with van der Waals surface area (Å²) in [7, 11) is 1.71. The summed E-state index contributed by atoms with van der Waals surface area (Å²) in [6, 6.07) is 5.63. The molecule has 0 aromatic heterocycles. The second-order valence-electron chi connectivity index (χ2n) is 3.61. The van der Waals surface area contributed by atoms with E-state index in [1.54, 1.807) is 13.2 Å². The zero-order valence-electron chi connectivity index (χ0n) is 8.29. The van der Waals surface area contributed by atoms with Crippen LogP contribution in [-0.4, -0.2) is 25.4 Å². The molecular formula is C11H15NO2.